The molecule has 0 fully saturated rings. The van der Waals surface area contributed by atoms with Gasteiger partial charge in [0.05, 0.1) is 0 Å². The van der Waals surface area contributed by atoms with Gasteiger partial charge in [0, 0.05) is 25.9 Å². The Bertz CT molecular complexity index is 170. The van der Waals surface area contributed by atoms with Gasteiger partial charge in [-0.05, 0) is 27.2 Å². The highest BCUT2D eigenvalue weighted by atomic mass is 127. The lowest BCUT2D eigenvalue weighted by Gasteiger charge is -2.29. The Hall–Kier alpha value is 2.29. The van der Waals surface area contributed by atoms with Crippen LogP contribution in [0.4, 0.5) is 0 Å². The summed E-state index contributed by atoms with van der Waals surface area (Å²) in [7, 11) is -2.42. The van der Waals surface area contributed by atoms with Crippen molar-refractivity contribution < 1.29 is 13.3 Å². The van der Waals surface area contributed by atoms with Crippen molar-refractivity contribution in [3.63, 3.8) is 0 Å². The average Bonchev–Trinajstić information content (AvgIpc) is 2.15. The van der Waals surface area contributed by atoms with E-state index >= 15 is 0 Å². The first-order chi connectivity index (χ1) is 7.39. The van der Waals surface area contributed by atoms with E-state index < -0.39 is 8.80 Å². The van der Waals surface area contributed by atoms with Crippen LogP contribution in [-0.2, 0) is 13.3 Å². The van der Waals surface area contributed by atoms with E-state index in [0.717, 1.165) is 12.5 Å². The minimum atomic E-state index is -2.42. The van der Waals surface area contributed by atoms with Crippen LogP contribution in [0.25, 0.3) is 0 Å². The summed E-state index contributed by atoms with van der Waals surface area (Å²) in [6.45, 7) is 7.94. The zero-order valence-electron chi connectivity index (χ0n) is 9.89. The lowest BCUT2D eigenvalue weighted by atomic mass is 10.6. The maximum absolute atomic E-state index is 5.79. The highest BCUT2D eigenvalue weighted by Gasteiger charge is 2.41. The fourth-order valence-electron chi connectivity index (χ4n) is 1.30. The van der Waals surface area contributed by atoms with E-state index in [9.17, 15) is 0 Å². The molecule has 0 aliphatic carbocycles. The maximum atomic E-state index is 5.79. The first-order valence-corrected chi connectivity index (χ1v) is 10.5. The van der Waals surface area contributed by atoms with Crippen LogP contribution in [0.1, 0.15) is 27.2 Å². The molecular formula is C9H19I3O3Si. The van der Waals surface area contributed by atoms with Gasteiger partial charge in [0.15, 0.2) is 0 Å². The Kier molecular flexibility index (Phi) is 10.6. The Labute approximate surface area is 141 Å². The summed E-state index contributed by atoms with van der Waals surface area (Å²) in [4.78, 5) is 0. The molecule has 0 spiro atoms. The number of hydrogen-bond acceptors (Lipinski definition) is 3. The van der Waals surface area contributed by atoms with Crippen molar-refractivity contribution in [2.24, 2.45) is 0 Å². The van der Waals surface area contributed by atoms with Gasteiger partial charge in [-0.1, -0.05) is 67.8 Å². The van der Waals surface area contributed by atoms with Gasteiger partial charge in [-0.25, -0.2) is 0 Å². The molecule has 0 unspecified atom stereocenters. The van der Waals surface area contributed by atoms with Crippen LogP contribution in [0.3, 0.4) is 0 Å². The minimum Gasteiger partial charge on any atom is -0.374 e. The molecule has 0 aromatic rings. The van der Waals surface area contributed by atoms with E-state index in [1.54, 1.807) is 0 Å². The molecule has 16 heavy (non-hydrogen) atoms. The third kappa shape index (κ3) is 8.40. The second-order valence-corrected chi connectivity index (χ2v) is 17.5. The average molecular weight is 584 g/mol. The number of hydrogen-bond donors (Lipinski definition) is 0. The van der Waals surface area contributed by atoms with Crippen molar-refractivity contribution in [3.8, 4) is 0 Å². The van der Waals surface area contributed by atoms with Crippen molar-refractivity contribution in [1.29, 1.82) is 0 Å². The lowest BCUT2D eigenvalue weighted by molar-refractivity contribution is 0.0712. The van der Waals surface area contributed by atoms with Crippen LogP contribution in [0.15, 0.2) is 0 Å². The van der Waals surface area contributed by atoms with Gasteiger partial charge in [-0.2, -0.15) is 0 Å². The van der Waals surface area contributed by atoms with Crippen LogP contribution < -0.4 is 0 Å². The van der Waals surface area contributed by atoms with Crippen LogP contribution in [0.2, 0.25) is 6.04 Å². The van der Waals surface area contributed by atoms with E-state index in [1.165, 1.54) is 0 Å². The van der Waals surface area contributed by atoms with E-state index in [-0.39, 0.29) is -0.565 Å². The molecule has 0 aromatic heterocycles. The standard InChI is InChI=1S/C9H19I3O3Si/c1-4-13-16(14-5-2,15-6-3)8-7-9(10,11)12/h4-8H2,1-3H3. The Morgan fingerprint density at radius 3 is 1.50 bits per heavy atom. The van der Waals surface area contributed by atoms with E-state index in [2.05, 4.69) is 67.8 Å². The van der Waals surface area contributed by atoms with E-state index in [1.807, 2.05) is 20.8 Å². The summed E-state index contributed by atoms with van der Waals surface area (Å²) in [5, 5.41) is 0. The Morgan fingerprint density at radius 1 is 0.875 bits per heavy atom. The molecule has 98 valence electrons. The SMILES string of the molecule is CCO[Si](CCC(I)(I)I)(OCC)OCC. The Morgan fingerprint density at radius 2 is 1.25 bits per heavy atom. The minimum absolute atomic E-state index is 0.205. The number of rotatable bonds is 9. The lowest BCUT2D eigenvalue weighted by Crippen LogP contribution is -2.46. The third-order valence-corrected chi connectivity index (χ3v) is 6.47. The van der Waals surface area contributed by atoms with Crippen LogP contribution in [0.5, 0.6) is 0 Å². The van der Waals surface area contributed by atoms with Crippen molar-refractivity contribution in [2.75, 3.05) is 19.8 Å². The summed E-state index contributed by atoms with van der Waals surface area (Å²) >= 11 is 7.29. The molecule has 0 bridgehead atoms. The van der Waals surface area contributed by atoms with Gasteiger partial charge < -0.3 is 13.3 Å². The van der Waals surface area contributed by atoms with Gasteiger partial charge in [0.2, 0.25) is 0 Å². The molecule has 0 amide bonds. The van der Waals surface area contributed by atoms with Crippen molar-refractivity contribution >= 4 is 76.6 Å². The monoisotopic (exact) mass is 584 g/mol. The predicted molar refractivity (Wildman–Crippen MR) is 94.8 cm³/mol. The zero-order chi connectivity index (χ0) is 12.7. The van der Waals surface area contributed by atoms with Gasteiger partial charge in [-0.3, -0.25) is 0 Å². The molecule has 0 saturated carbocycles. The topological polar surface area (TPSA) is 27.7 Å². The molecule has 0 aliphatic heterocycles. The van der Waals surface area contributed by atoms with Gasteiger partial charge in [0.1, 0.15) is -0.565 Å². The first kappa shape index (κ1) is 18.3. The zero-order valence-corrected chi connectivity index (χ0v) is 17.4. The highest BCUT2D eigenvalue weighted by molar-refractivity contribution is 14.3. The molecule has 0 atom stereocenters. The first-order valence-electron chi connectivity index (χ1n) is 5.37. The largest absolute Gasteiger partial charge is 0.501 e. The molecule has 0 saturated heterocycles. The molecule has 7 heteroatoms. The smallest absolute Gasteiger partial charge is 0.374 e. The van der Waals surface area contributed by atoms with Crippen molar-refractivity contribution in [2.45, 2.75) is 32.7 Å². The molecule has 0 heterocycles. The molecule has 0 radical (unpaired) electrons. The fourth-order valence-corrected chi connectivity index (χ4v) is 6.32. The molecule has 0 rings (SSSR count). The van der Waals surface area contributed by atoms with Crippen LogP contribution in [0, 0.1) is 0 Å². The molecule has 3 nitrogen and oxygen atoms in total. The summed E-state index contributed by atoms with van der Waals surface area (Å²) < 4.78 is 17.6. The molecular weight excluding hydrogens is 565 g/mol. The van der Waals surface area contributed by atoms with Gasteiger partial charge in [0.25, 0.3) is 0 Å². The maximum Gasteiger partial charge on any atom is 0.501 e. The number of halogens is 3. The summed E-state index contributed by atoms with van der Waals surface area (Å²) in [5.41, 5.74) is 0. The molecule has 0 aliphatic rings. The summed E-state index contributed by atoms with van der Waals surface area (Å²) in [6.07, 6.45) is 1.03. The molecule has 0 aromatic carbocycles. The predicted octanol–water partition coefficient (Wildman–Crippen LogP) is 4.38. The quantitative estimate of drug-likeness (QED) is 0.229. The van der Waals surface area contributed by atoms with Crippen LogP contribution >= 0.6 is 67.8 Å². The van der Waals surface area contributed by atoms with Crippen molar-refractivity contribution in [3.05, 3.63) is 0 Å². The molecule has 0 N–H and O–H groups in total. The number of alkyl halides is 3. The van der Waals surface area contributed by atoms with Crippen molar-refractivity contribution in [1.82, 2.24) is 0 Å². The second kappa shape index (κ2) is 9.23. The van der Waals surface area contributed by atoms with E-state index in [0.29, 0.717) is 19.8 Å². The fraction of sp³-hybridized carbons (Fsp3) is 1.00. The van der Waals surface area contributed by atoms with Crippen LogP contribution in [-0.4, -0.2) is 28.1 Å². The van der Waals surface area contributed by atoms with Gasteiger partial charge in [-0.15, -0.1) is 0 Å². The van der Waals surface area contributed by atoms with E-state index in [4.69, 9.17) is 13.3 Å². The second-order valence-electron chi connectivity index (χ2n) is 3.10. The Balaban J connectivity index is 4.46. The summed E-state index contributed by atoms with van der Waals surface area (Å²) in [5.74, 6) is 0. The summed E-state index contributed by atoms with van der Waals surface area (Å²) in [6, 6.07) is 0.886. The normalized spacial score (nSPS) is 13.1. The third-order valence-electron chi connectivity index (χ3n) is 1.81. The highest BCUT2D eigenvalue weighted by Crippen LogP contribution is 2.41. The van der Waals surface area contributed by atoms with Gasteiger partial charge >= 0.3 is 8.80 Å².